The molecule has 7 nitrogen and oxygen atoms in total. The van der Waals surface area contributed by atoms with Gasteiger partial charge in [-0.1, -0.05) is 6.92 Å². The van der Waals surface area contributed by atoms with Crippen molar-refractivity contribution in [2.45, 2.75) is 25.6 Å². The van der Waals surface area contributed by atoms with Gasteiger partial charge in [0, 0.05) is 26.4 Å². The molecule has 0 aliphatic heterocycles. The average Bonchev–Trinajstić information content (AvgIpc) is 2.71. The molecule has 32 heavy (non-hydrogen) atoms. The van der Waals surface area contributed by atoms with Crippen LogP contribution in [0.1, 0.15) is 23.7 Å². The van der Waals surface area contributed by atoms with Gasteiger partial charge in [0.15, 0.2) is 17.3 Å². The van der Waals surface area contributed by atoms with Crippen LogP contribution in [0.2, 0.25) is 0 Å². The summed E-state index contributed by atoms with van der Waals surface area (Å²) in [5, 5.41) is 1.62. The van der Waals surface area contributed by atoms with E-state index in [-0.39, 0.29) is 11.0 Å². The Morgan fingerprint density at radius 1 is 1.25 bits per heavy atom. The summed E-state index contributed by atoms with van der Waals surface area (Å²) < 4.78 is 68.1. The monoisotopic (exact) mass is 455 g/mol. The van der Waals surface area contributed by atoms with Crippen LogP contribution in [0.4, 0.5) is 27.8 Å². The second-order valence-electron chi connectivity index (χ2n) is 7.11. The molecule has 0 unspecified atom stereocenters. The summed E-state index contributed by atoms with van der Waals surface area (Å²) in [6, 6.07) is 1.12. The number of hydrogen-bond donors (Lipinski definition) is 1. The SMILES string of the molecule is CC[C@H](NC(=O)c1cn(-c2ncc(F)cc2F)c2nc(N(C)C)ccc2c1=O)C(F)(F)F. The third kappa shape index (κ3) is 4.39. The van der Waals surface area contributed by atoms with Crippen molar-refractivity contribution >= 4 is 22.8 Å². The van der Waals surface area contributed by atoms with Crippen LogP contribution in [-0.4, -0.2) is 46.8 Å². The van der Waals surface area contributed by atoms with Crippen LogP contribution in [0.3, 0.4) is 0 Å². The first-order chi connectivity index (χ1) is 14.9. The van der Waals surface area contributed by atoms with E-state index in [9.17, 15) is 31.5 Å². The number of aromatic nitrogens is 3. The zero-order valence-corrected chi connectivity index (χ0v) is 17.2. The van der Waals surface area contributed by atoms with Gasteiger partial charge in [0.2, 0.25) is 5.43 Å². The number of alkyl halides is 3. The topological polar surface area (TPSA) is 80.1 Å². The number of pyridine rings is 3. The normalized spacial score (nSPS) is 12.6. The van der Waals surface area contributed by atoms with Crippen LogP contribution in [-0.2, 0) is 0 Å². The van der Waals surface area contributed by atoms with Crippen LogP contribution < -0.4 is 15.6 Å². The minimum absolute atomic E-state index is 0.112. The highest BCUT2D eigenvalue weighted by atomic mass is 19.4. The second-order valence-corrected chi connectivity index (χ2v) is 7.11. The van der Waals surface area contributed by atoms with Crippen molar-refractivity contribution < 1.29 is 26.7 Å². The molecule has 1 N–H and O–H groups in total. The Hall–Kier alpha value is -3.57. The first kappa shape index (κ1) is 23.1. The first-order valence-electron chi connectivity index (χ1n) is 9.36. The van der Waals surface area contributed by atoms with Crippen molar-refractivity contribution in [1.82, 2.24) is 19.9 Å². The molecule has 3 aromatic rings. The van der Waals surface area contributed by atoms with Crippen molar-refractivity contribution in [3.63, 3.8) is 0 Å². The number of rotatable bonds is 5. The molecule has 0 radical (unpaired) electrons. The Kier molecular flexibility index (Phi) is 6.15. The lowest BCUT2D eigenvalue weighted by atomic mass is 10.1. The van der Waals surface area contributed by atoms with E-state index in [4.69, 9.17) is 0 Å². The summed E-state index contributed by atoms with van der Waals surface area (Å²) >= 11 is 0. The molecule has 0 saturated carbocycles. The number of carbonyl (C=O) groups excluding carboxylic acids is 1. The maximum absolute atomic E-state index is 14.5. The quantitative estimate of drug-likeness (QED) is 0.598. The van der Waals surface area contributed by atoms with Crippen LogP contribution in [0, 0.1) is 11.6 Å². The molecule has 0 aliphatic carbocycles. The molecule has 1 amide bonds. The van der Waals surface area contributed by atoms with Gasteiger partial charge >= 0.3 is 6.18 Å². The molecule has 0 bridgehead atoms. The van der Waals surface area contributed by atoms with Gasteiger partial charge in [0.1, 0.15) is 23.2 Å². The fraction of sp³-hybridized carbons (Fsp3) is 0.300. The minimum Gasteiger partial charge on any atom is -0.363 e. The zero-order chi connectivity index (χ0) is 23.8. The number of halogens is 5. The summed E-state index contributed by atoms with van der Waals surface area (Å²) in [4.78, 5) is 35.0. The van der Waals surface area contributed by atoms with E-state index in [1.165, 1.54) is 19.1 Å². The maximum Gasteiger partial charge on any atom is 0.408 e. The van der Waals surface area contributed by atoms with E-state index in [1.807, 2.05) is 0 Å². The Balaban J connectivity index is 2.27. The molecule has 0 spiro atoms. The minimum atomic E-state index is -4.73. The summed E-state index contributed by atoms with van der Waals surface area (Å²) in [6.45, 7) is 1.22. The van der Waals surface area contributed by atoms with E-state index in [0.29, 0.717) is 18.1 Å². The summed E-state index contributed by atoms with van der Waals surface area (Å²) in [6.07, 6.45) is -3.63. The predicted molar refractivity (Wildman–Crippen MR) is 107 cm³/mol. The second kappa shape index (κ2) is 8.52. The number of carbonyl (C=O) groups is 1. The van der Waals surface area contributed by atoms with Crippen molar-refractivity contribution in [2.24, 2.45) is 0 Å². The van der Waals surface area contributed by atoms with Gasteiger partial charge < -0.3 is 10.2 Å². The predicted octanol–water partition coefficient (Wildman–Crippen LogP) is 3.20. The van der Waals surface area contributed by atoms with Gasteiger partial charge in [0.25, 0.3) is 5.91 Å². The summed E-state index contributed by atoms with van der Waals surface area (Å²) in [5.74, 6) is -3.51. The number of hydrogen-bond acceptors (Lipinski definition) is 5. The molecule has 1 atom stereocenters. The van der Waals surface area contributed by atoms with Crippen LogP contribution >= 0.6 is 0 Å². The van der Waals surface area contributed by atoms with Crippen LogP contribution in [0.5, 0.6) is 0 Å². The zero-order valence-electron chi connectivity index (χ0n) is 17.2. The number of nitrogens with one attached hydrogen (secondary N) is 1. The van der Waals surface area contributed by atoms with Gasteiger partial charge in [-0.25, -0.2) is 18.7 Å². The fourth-order valence-corrected chi connectivity index (χ4v) is 3.00. The molecular weight excluding hydrogens is 437 g/mol. The van der Waals surface area contributed by atoms with E-state index >= 15 is 0 Å². The molecule has 3 rings (SSSR count). The number of amides is 1. The molecule has 3 aromatic heterocycles. The van der Waals surface area contributed by atoms with E-state index in [1.54, 1.807) is 24.3 Å². The van der Waals surface area contributed by atoms with Crippen LogP contribution in [0.25, 0.3) is 16.9 Å². The lowest BCUT2D eigenvalue weighted by Gasteiger charge is -2.20. The summed E-state index contributed by atoms with van der Waals surface area (Å²) in [7, 11) is 3.33. The van der Waals surface area contributed by atoms with Crippen molar-refractivity contribution in [3.8, 4) is 5.82 Å². The molecule has 170 valence electrons. The van der Waals surface area contributed by atoms with E-state index in [0.717, 1.165) is 10.8 Å². The highest BCUT2D eigenvalue weighted by Crippen LogP contribution is 2.24. The Labute approximate surface area is 178 Å². The summed E-state index contributed by atoms with van der Waals surface area (Å²) in [5.41, 5.74) is -1.69. The number of fused-ring (bicyclic) bond motifs is 1. The molecule has 0 fully saturated rings. The molecule has 0 aromatic carbocycles. The Bertz CT molecular complexity index is 1240. The average molecular weight is 455 g/mol. The molecule has 3 heterocycles. The smallest absolute Gasteiger partial charge is 0.363 e. The third-order valence-electron chi connectivity index (χ3n) is 4.66. The van der Waals surface area contributed by atoms with E-state index in [2.05, 4.69) is 9.97 Å². The van der Waals surface area contributed by atoms with E-state index < -0.39 is 53.0 Å². The standard InChI is InChI=1S/C20H18F5N5O2/c1-4-14(20(23,24)25)27-19(32)12-9-30(18-13(22)7-10(21)8-26-18)17-11(16(12)31)5-6-15(28-17)29(2)3/h5-9,14H,4H2,1-3H3,(H,27,32)/t14-/m0/s1. The van der Waals surface area contributed by atoms with Gasteiger partial charge in [0.05, 0.1) is 11.6 Å². The number of anilines is 1. The molecule has 0 aliphatic rings. The van der Waals surface area contributed by atoms with Gasteiger partial charge in [-0.3, -0.25) is 14.2 Å². The van der Waals surface area contributed by atoms with Gasteiger partial charge in [-0.15, -0.1) is 0 Å². The van der Waals surface area contributed by atoms with Gasteiger partial charge in [-0.2, -0.15) is 13.2 Å². The molecule has 0 saturated heterocycles. The number of nitrogens with zero attached hydrogens (tertiary/aromatic N) is 4. The first-order valence-corrected chi connectivity index (χ1v) is 9.36. The van der Waals surface area contributed by atoms with Crippen molar-refractivity contribution in [2.75, 3.05) is 19.0 Å². The van der Waals surface area contributed by atoms with Gasteiger partial charge in [-0.05, 0) is 18.6 Å². The van der Waals surface area contributed by atoms with Crippen molar-refractivity contribution in [3.05, 3.63) is 58.0 Å². The lowest BCUT2D eigenvalue weighted by Crippen LogP contribution is -2.46. The van der Waals surface area contributed by atoms with Crippen LogP contribution in [0.15, 0.2) is 35.4 Å². The third-order valence-corrected chi connectivity index (χ3v) is 4.66. The fourth-order valence-electron chi connectivity index (χ4n) is 3.00. The molecular formula is C20H18F5N5O2. The lowest BCUT2D eigenvalue weighted by molar-refractivity contribution is -0.153. The molecule has 12 heteroatoms. The highest BCUT2D eigenvalue weighted by Gasteiger charge is 2.39. The highest BCUT2D eigenvalue weighted by molar-refractivity contribution is 5.97. The largest absolute Gasteiger partial charge is 0.408 e. The van der Waals surface area contributed by atoms with Crippen molar-refractivity contribution in [1.29, 1.82) is 0 Å². The Morgan fingerprint density at radius 3 is 2.50 bits per heavy atom. The maximum atomic E-state index is 14.5. The Morgan fingerprint density at radius 2 is 1.94 bits per heavy atom.